The minimum absolute atomic E-state index is 0.0688. The van der Waals surface area contributed by atoms with E-state index >= 15 is 0 Å². The van der Waals surface area contributed by atoms with Crippen LogP contribution in [0.5, 0.6) is 0 Å². The van der Waals surface area contributed by atoms with Crippen molar-refractivity contribution in [3.05, 3.63) is 74.2 Å². The first-order valence-electron chi connectivity index (χ1n) is 12.5. The van der Waals surface area contributed by atoms with Crippen LogP contribution < -0.4 is 10.5 Å². The molecule has 0 atom stereocenters. The van der Waals surface area contributed by atoms with Crippen LogP contribution in [0.2, 0.25) is 0 Å². The Morgan fingerprint density at radius 1 is 1.03 bits per heavy atom. The smallest absolute Gasteiger partial charge is 0.362 e. The quantitative estimate of drug-likeness (QED) is 0.234. The highest BCUT2D eigenvalue weighted by Gasteiger charge is 2.35. The van der Waals surface area contributed by atoms with E-state index in [0.717, 1.165) is 37.8 Å². The molecule has 0 unspecified atom stereocenters. The lowest BCUT2D eigenvalue weighted by atomic mass is 10.1. The summed E-state index contributed by atoms with van der Waals surface area (Å²) in [6, 6.07) is 9.26. The van der Waals surface area contributed by atoms with Crippen LogP contribution in [0.25, 0.3) is 10.8 Å². The number of hydrogen-bond acceptors (Lipinski definition) is 6. The Morgan fingerprint density at radius 2 is 1.71 bits per heavy atom. The van der Waals surface area contributed by atoms with E-state index in [1.54, 1.807) is 34.1 Å². The summed E-state index contributed by atoms with van der Waals surface area (Å²) in [7, 11) is 0. The molecule has 0 saturated carbocycles. The summed E-state index contributed by atoms with van der Waals surface area (Å²) in [6.45, 7) is 3.23. The average molecular weight is 532 g/mol. The second-order valence-corrected chi connectivity index (χ2v) is 9.22. The van der Waals surface area contributed by atoms with Crippen LogP contribution in [0.3, 0.4) is 0 Å². The Labute approximate surface area is 216 Å². The van der Waals surface area contributed by atoms with Gasteiger partial charge >= 0.3 is 6.18 Å². The van der Waals surface area contributed by atoms with Gasteiger partial charge in [0, 0.05) is 44.2 Å². The van der Waals surface area contributed by atoms with E-state index in [4.69, 9.17) is 0 Å². The molecule has 3 aromatic rings. The normalized spacial score (nSPS) is 14.2. The molecule has 38 heavy (non-hydrogen) atoms. The summed E-state index contributed by atoms with van der Waals surface area (Å²) in [5.74, 6) is -0.370. The number of nitro benzene ring substituents is 1. The highest BCUT2D eigenvalue weighted by molar-refractivity contribution is 6.04. The van der Waals surface area contributed by atoms with Gasteiger partial charge < -0.3 is 9.80 Å². The zero-order valence-corrected chi connectivity index (χ0v) is 20.9. The van der Waals surface area contributed by atoms with Gasteiger partial charge in [-0.05, 0) is 24.6 Å². The van der Waals surface area contributed by atoms with Gasteiger partial charge in [-0.2, -0.15) is 18.3 Å². The predicted octanol–water partition coefficient (Wildman–Crippen LogP) is 4.87. The molecule has 0 bridgehead atoms. The van der Waals surface area contributed by atoms with E-state index in [1.165, 1.54) is 4.68 Å². The molecule has 202 valence electrons. The van der Waals surface area contributed by atoms with E-state index in [1.807, 2.05) is 0 Å². The minimum atomic E-state index is -4.70. The first-order chi connectivity index (χ1) is 18.1. The van der Waals surface area contributed by atoms with Crippen LogP contribution in [0.1, 0.15) is 48.7 Å². The fourth-order valence-corrected chi connectivity index (χ4v) is 4.65. The Kier molecular flexibility index (Phi) is 7.98. The third-order valence-corrected chi connectivity index (χ3v) is 6.70. The molecular weight excluding hydrogens is 503 g/mol. The molecule has 12 heteroatoms. The van der Waals surface area contributed by atoms with Gasteiger partial charge in [0.15, 0.2) is 5.69 Å². The Hall–Kier alpha value is -3.96. The van der Waals surface area contributed by atoms with Gasteiger partial charge in [0.25, 0.3) is 17.2 Å². The summed E-state index contributed by atoms with van der Waals surface area (Å²) in [5, 5.41) is 16.8. The second-order valence-electron chi connectivity index (χ2n) is 9.22. The van der Waals surface area contributed by atoms with Crippen molar-refractivity contribution in [1.29, 1.82) is 0 Å². The highest BCUT2D eigenvalue weighted by atomic mass is 19.4. The maximum absolute atomic E-state index is 13.5. The van der Waals surface area contributed by atoms with Crippen LogP contribution in [-0.4, -0.2) is 51.7 Å². The van der Waals surface area contributed by atoms with Crippen molar-refractivity contribution in [3.8, 4) is 0 Å². The third kappa shape index (κ3) is 5.63. The van der Waals surface area contributed by atoms with Crippen LogP contribution >= 0.6 is 0 Å². The van der Waals surface area contributed by atoms with E-state index in [-0.39, 0.29) is 49.0 Å². The first-order valence-corrected chi connectivity index (χ1v) is 12.5. The predicted molar refractivity (Wildman–Crippen MR) is 136 cm³/mol. The molecule has 2 heterocycles. The number of carbonyl (C=O) groups excluding carboxylic acids is 1. The molecule has 0 spiro atoms. The van der Waals surface area contributed by atoms with E-state index in [9.17, 15) is 32.9 Å². The fourth-order valence-electron chi connectivity index (χ4n) is 4.65. The van der Waals surface area contributed by atoms with E-state index in [2.05, 4.69) is 12.0 Å². The number of fused-ring (bicyclic) bond motifs is 1. The summed E-state index contributed by atoms with van der Waals surface area (Å²) < 4.78 is 40.5. The van der Waals surface area contributed by atoms with Crippen molar-refractivity contribution in [2.24, 2.45) is 0 Å². The first kappa shape index (κ1) is 27.1. The van der Waals surface area contributed by atoms with Gasteiger partial charge in [-0.3, -0.25) is 19.7 Å². The number of alkyl halides is 3. The van der Waals surface area contributed by atoms with Crippen molar-refractivity contribution in [1.82, 2.24) is 14.7 Å². The van der Waals surface area contributed by atoms with Crippen molar-refractivity contribution >= 4 is 28.1 Å². The Bertz CT molecular complexity index is 1400. The lowest BCUT2D eigenvalue weighted by Gasteiger charge is -2.35. The lowest BCUT2D eigenvalue weighted by molar-refractivity contribution is -0.384. The molecule has 1 aliphatic rings. The van der Waals surface area contributed by atoms with Crippen LogP contribution in [0, 0.1) is 10.1 Å². The number of aryl methyl sites for hydroxylation is 1. The summed E-state index contributed by atoms with van der Waals surface area (Å²) >= 11 is 0. The number of nitro groups is 1. The number of aromatic nitrogens is 2. The standard InChI is InChI=1S/C26H28F3N5O4/c1-2-3-4-7-12-33-24(35)20-9-6-5-8-19(20)23(30-33)25(36)32-15-13-31(14-16-32)21-11-10-18(26(27,28)29)17-22(21)34(37)38/h5-6,8-11,17H,2-4,7,12-16H2,1H3. The van der Waals surface area contributed by atoms with Crippen molar-refractivity contribution in [3.63, 3.8) is 0 Å². The number of piperazine rings is 1. The van der Waals surface area contributed by atoms with Crippen LogP contribution in [0.4, 0.5) is 24.5 Å². The number of hydrogen-bond donors (Lipinski definition) is 0. The molecule has 0 aliphatic carbocycles. The van der Waals surface area contributed by atoms with Crippen molar-refractivity contribution in [2.75, 3.05) is 31.1 Å². The van der Waals surface area contributed by atoms with Crippen LogP contribution in [0.15, 0.2) is 47.3 Å². The fraction of sp³-hybridized carbons (Fsp3) is 0.423. The van der Waals surface area contributed by atoms with Gasteiger partial charge in [0.1, 0.15) is 5.69 Å². The molecule has 1 aromatic heterocycles. The van der Waals surface area contributed by atoms with Crippen molar-refractivity contribution in [2.45, 2.75) is 45.3 Å². The van der Waals surface area contributed by atoms with E-state index < -0.39 is 22.4 Å². The number of amides is 1. The Morgan fingerprint density at radius 3 is 2.34 bits per heavy atom. The molecule has 1 fully saturated rings. The number of rotatable bonds is 8. The number of nitrogens with zero attached hydrogens (tertiary/aromatic N) is 5. The van der Waals surface area contributed by atoms with Gasteiger partial charge in [0.2, 0.25) is 0 Å². The maximum atomic E-state index is 13.5. The highest BCUT2D eigenvalue weighted by Crippen LogP contribution is 2.36. The summed E-state index contributed by atoms with van der Waals surface area (Å²) in [5.41, 5.74) is -1.76. The topological polar surface area (TPSA) is 102 Å². The monoisotopic (exact) mass is 531 g/mol. The Balaban J connectivity index is 1.56. The number of unbranched alkanes of at least 4 members (excludes halogenated alkanes) is 3. The number of benzene rings is 2. The molecule has 1 saturated heterocycles. The maximum Gasteiger partial charge on any atom is 0.416 e. The minimum Gasteiger partial charge on any atom is -0.362 e. The van der Waals surface area contributed by atoms with Crippen molar-refractivity contribution < 1.29 is 22.9 Å². The molecule has 4 rings (SSSR count). The largest absolute Gasteiger partial charge is 0.416 e. The van der Waals surface area contributed by atoms with Gasteiger partial charge in [-0.15, -0.1) is 0 Å². The van der Waals surface area contributed by atoms with Gasteiger partial charge in [-0.25, -0.2) is 4.68 Å². The second kappa shape index (κ2) is 11.2. The van der Waals surface area contributed by atoms with Crippen LogP contribution in [-0.2, 0) is 12.7 Å². The molecule has 2 aromatic carbocycles. The summed E-state index contributed by atoms with van der Waals surface area (Å²) in [4.78, 5) is 40.3. The SMILES string of the molecule is CCCCCCn1nc(C(=O)N2CCN(c3ccc(C(F)(F)F)cc3[N+](=O)[O-])CC2)c2ccccc2c1=O. The van der Waals surface area contributed by atoms with Gasteiger partial charge in [0.05, 0.1) is 15.9 Å². The molecule has 9 nitrogen and oxygen atoms in total. The molecule has 0 radical (unpaired) electrons. The lowest BCUT2D eigenvalue weighted by Crippen LogP contribution is -2.49. The number of halogens is 3. The molecule has 1 amide bonds. The molecule has 0 N–H and O–H groups in total. The molecular formula is C26H28F3N5O4. The summed E-state index contributed by atoms with van der Waals surface area (Å²) in [6.07, 6.45) is -0.909. The zero-order chi connectivity index (χ0) is 27.4. The molecule has 1 aliphatic heterocycles. The average Bonchev–Trinajstić information content (AvgIpc) is 2.91. The third-order valence-electron chi connectivity index (χ3n) is 6.70. The van der Waals surface area contributed by atoms with Gasteiger partial charge in [-0.1, -0.05) is 44.4 Å². The number of anilines is 1. The zero-order valence-electron chi connectivity index (χ0n) is 20.9. The van der Waals surface area contributed by atoms with E-state index in [0.29, 0.717) is 23.4 Å². The number of carbonyl (C=O) groups is 1.